The Balaban J connectivity index is 1.68. The molecule has 0 aromatic heterocycles. The number of hydrogen-bond donors (Lipinski definition) is 2. The van der Waals surface area contributed by atoms with Gasteiger partial charge in [0.15, 0.2) is 11.5 Å². The molecule has 0 bridgehead atoms. The number of carbonyl (C=O) groups excluding carboxylic acids is 3. The molecule has 188 valence electrons. The van der Waals surface area contributed by atoms with Gasteiger partial charge in [-0.3, -0.25) is 9.59 Å². The fourth-order valence-electron chi connectivity index (χ4n) is 3.26. The summed E-state index contributed by atoms with van der Waals surface area (Å²) < 4.78 is 16.0. The number of benzene rings is 3. The number of nitrogens with one attached hydrogen (secondary N) is 2. The van der Waals surface area contributed by atoms with E-state index in [1.54, 1.807) is 66.7 Å². The molecule has 0 radical (unpaired) electrons. The van der Waals surface area contributed by atoms with E-state index in [4.69, 9.17) is 14.2 Å². The fraction of sp³-hybridized carbons (Fsp3) is 0.143. The summed E-state index contributed by atoms with van der Waals surface area (Å²) in [7, 11) is 2.81. The summed E-state index contributed by atoms with van der Waals surface area (Å²) in [6.45, 7) is 1.64. The molecule has 9 nitrogen and oxygen atoms in total. The van der Waals surface area contributed by atoms with Crippen molar-refractivity contribution in [2.75, 3.05) is 24.9 Å². The number of methoxy groups -OCH3 is 2. The highest BCUT2D eigenvalue weighted by molar-refractivity contribution is 6.09. The first-order valence-corrected chi connectivity index (χ1v) is 11.1. The zero-order valence-electron chi connectivity index (χ0n) is 20.5. The van der Waals surface area contributed by atoms with Gasteiger partial charge in [0.2, 0.25) is 5.91 Å². The Morgan fingerprint density at radius 3 is 2.11 bits per heavy atom. The molecule has 0 spiro atoms. The number of esters is 1. The average molecular weight is 500 g/mol. The Morgan fingerprint density at radius 1 is 0.892 bits per heavy atom. The first-order chi connectivity index (χ1) is 17.8. The zero-order chi connectivity index (χ0) is 26.8. The second-order valence-corrected chi connectivity index (χ2v) is 7.77. The van der Waals surface area contributed by atoms with Gasteiger partial charge in [-0.1, -0.05) is 18.2 Å². The van der Waals surface area contributed by atoms with Gasteiger partial charge in [-0.2, -0.15) is 5.26 Å². The van der Waals surface area contributed by atoms with Crippen molar-refractivity contribution in [3.8, 4) is 17.6 Å². The third-order valence-electron chi connectivity index (χ3n) is 5.10. The van der Waals surface area contributed by atoms with Crippen LogP contribution in [0.5, 0.6) is 11.5 Å². The number of amides is 2. The van der Waals surface area contributed by atoms with E-state index in [-0.39, 0.29) is 18.1 Å². The maximum atomic E-state index is 12.6. The minimum atomic E-state index is -0.579. The second-order valence-electron chi connectivity index (χ2n) is 7.77. The highest BCUT2D eigenvalue weighted by atomic mass is 16.5. The van der Waals surface area contributed by atoms with Crippen molar-refractivity contribution in [1.82, 2.24) is 0 Å². The van der Waals surface area contributed by atoms with Crippen LogP contribution in [0.3, 0.4) is 0 Å². The number of nitriles is 1. The van der Waals surface area contributed by atoms with Crippen LogP contribution in [0, 0.1) is 11.3 Å². The third kappa shape index (κ3) is 7.44. The molecule has 0 fully saturated rings. The Bertz CT molecular complexity index is 1360. The van der Waals surface area contributed by atoms with E-state index in [0.29, 0.717) is 34.0 Å². The maximum absolute atomic E-state index is 12.6. The van der Waals surface area contributed by atoms with Crippen LogP contribution in [0.1, 0.15) is 28.4 Å². The highest BCUT2D eigenvalue weighted by Crippen LogP contribution is 2.30. The molecular formula is C28H25N3O6. The van der Waals surface area contributed by atoms with E-state index in [1.165, 1.54) is 27.2 Å². The maximum Gasteiger partial charge on any atom is 0.337 e. The Labute approximate surface area is 214 Å². The highest BCUT2D eigenvalue weighted by Gasteiger charge is 2.12. The fourth-order valence-corrected chi connectivity index (χ4v) is 3.26. The number of anilines is 2. The first-order valence-electron chi connectivity index (χ1n) is 11.1. The number of nitrogens with zero attached hydrogens (tertiary/aromatic N) is 1. The summed E-state index contributed by atoms with van der Waals surface area (Å²) in [6, 6.07) is 20.3. The Hall–Kier alpha value is -5.10. The van der Waals surface area contributed by atoms with E-state index < -0.39 is 11.9 Å². The third-order valence-corrected chi connectivity index (χ3v) is 5.10. The normalized spacial score (nSPS) is 10.6. The van der Waals surface area contributed by atoms with E-state index in [0.717, 1.165) is 5.56 Å². The molecule has 0 aliphatic heterocycles. The van der Waals surface area contributed by atoms with Crippen LogP contribution >= 0.6 is 0 Å². The van der Waals surface area contributed by atoms with Gasteiger partial charge in [0, 0.05) is 18.3 Å². The molecule has 3 aromatic carbocycles. The van der Waals surface area contributed by atoms with Crippen molar-refractivity contribution in [2.24, 2.45) is 0 Å². The lowest BCUT2D eigenvalue weighted by Crippen LogP contribution is -2.13. The molecule has 0 saturated heterocycles. The summed E-state index contributed by atoms with van der Waals surface area (Å²) in [5, 5.41) is 14.8. The molecule has 3 rings (SSSR count). The van der Waals surface area contributed by atoms with E-state index >= 15 is 0 Å². The smallest absolute Gasteiger partial charge is 0.337 e. The molecule has 37 heavy (non-hydrogen) atoms. The summed E-state index contributed by atoms with van der Waals surface area (Å²) in [5.74, 6) is -0.301. The molecule has 2 amide bonds. The molecule has 0 atom stereocenters. The van der Waals surface area contributed by atoms with E-state index in [9.17, 15) is 19.6 Å². The predicted molar refractivity (Wildman–Crippen MR) is 138 cm³/mol. The van der Waals surface area contributed by atoms with Gasteiger partial charge in [0.05, 0.1) is 19.8 Å². The van der Waals surface area contributed by atoms with Gasteiger partial charge < -0.3 is 24.8 Å². The molecule has 0 aliphatic carbocycles. The SMILES string of the molecule is COC(=O)c1ccc(COc2ccc(/C=C(/C#N)C(=O)Nc3ccc(NC(C)=O)cc3)cc2OC)cc1. The van der Waals surface area contributed by atoms with Gasteiger partial charge in [-0.05, 0) is 65.7 Å². The number of rotatable bonds is 9. The second kappa shape index (κ2) is 12.6. The van der Waals surface area contributed by atoms with Gasteiger partial charge in [0.25, 0.3) is 5.91 Å². The van der Waals surface area contributed by atoms with Crippen molar-refractivity contribution in [2.45, 2.75) is 13.5 Å². The zero-order valence-corrected chi connectivity index (χ0v) is 20.5. The largest absolute Gasteiger partial charge is 0.493 e. The lowest BCUT2D eigenvalue weighted by molar-refractivity contribution is -0.114. The molecule has 0 heterocycles. The van der Waals surface area contributed by atoms with Crippen LogP contribution in [-0.2, 0) is 20.9 Å². The lowest BCUT2D eigenvalue weighted by atomic mass is 10.1. The molecular weight excluding hydrogens is 474 g/mol. The Morgan fingerprint density at radius 2 is 1.54 bits per heavy atom. The topological polar surface area (TPSA) is 127 Å². The number of ether oxygens (including phenoxy) is 3. The predicted octanol–water partition coefficient (Wildman–Crippen LogP) is 4.56. The van der Waals surface area contributed by atoms with Crippen molar-refractivity contribution in [3.63, 3.8) is 0 Å². The van der Waals surface area contributed by atoms with Crippen molar-refractivity contribution in [3.05, 3.63) is 89.0 Å². The monoisotopic (exact) mass is 499 g/mol. The molecule has 0 unspecified atom stereocenters. The number of carbonyl (C=O) groups is 3. The summed E-state index contributed by atoms with van der Waals surface area (Å²) in [4.78, 5) is 35.3. The standard InChI is InChI=1S/C28H25N3O6/c1-18(32)30-23-9-11-24(12-10-23)31-27(33)22(16-29)14-20-6-13-25(26(15-20)35-2)37-17-19-4-7-21(8-5-19)28(34)36-3/h4-15H,17H2,1-3H3,(H,30,32)(H,31,33)/b22-14-. The molecule has 3 aromatic rings. The van der Waals surface area contributed by atoms with Crippen LogP contribution in [0.4, 0.5) is 11.4 Å². The molecule has 9 heteroatoms. The molecule has 2 N–H and O–H groups in total. The first kappa shape index (κ1) is 26.5. The summed E-state index contributed by atoms with van der Waals surface area (Å²) in [6.07, 6.45) is 1.44. The van der Waals surface area contributed by atoms with Crippen LogP contribution in [0.25, 0.3) is 6.08 Å². The van der Waals surface area contributed by atoms with Crippen molar-refractivity contribution < 1.29 is 28.6 Å². The quantitative estimate of drug-likeness (QED) is 0.251. The van der Waals surface area contributed by atoms with Gasteiger partial charge in [-0.25, -0.2) is 4.79 Å². The summed E-state index contributed by atoms with van der Waals surface area (Å²) in [5.41, 5.74) is 2.81. The number of hydrogen-bond acceptors (Lipinski definition) is 7. The van der Waals surface area contributed by atoms with Gasteiger partial charge in [0.1, 0.15) is 18.2 Å². The van der Waals surface area contributed by atoms with Gasteiger partial charge >= 0.3 is 5.97 Å². The van der Waals surface area contributed by atoms with Gasteiger partial charge in [-0.15, -0.1) is 0 Å². The van der Waals surface area contributed by atoms with E-state index in [1.807, 2.05) is 6.07 Å². The molecule has 0 aliphatic rings. The lowest BCUT2D eigenvalue weighted by Gasteiger charge is -2.12. The molecule has 0 saturated carbocycles. The van der Waals surface area contributed by atoms with Crippen LogP contribution in [0.2, 0.25) is 0 Å². The summed E-state index contributed by atoms with van der Waals surface area (Å²) >= 11 is 0. The van der Waals surface area contributed by atoms with Crippen LogP contribution < -0.4 is 20.1 Å². The van der Waals surface area contributed by atoms with Crippen molar-refractivity contribution in [1.29, 1.82) is 5.26 Å². The van der Waals surface area contributed by atoms with Crippen LogP contribution in [-0.4, -0.2) is 32.0 Å². The van der Waals surface area contributed by atoms with E-state index in [2.05, 4.69) is 10.6 Å². The average Bonchev–Trinajstić information content (AvgIpc) is 2.91. The minimum absolute atomic E-state index is 0.104. The van der Waals surface area contributed by atoms with Crippen LogP contribution in [0.15, 0.2) is 72.3 Å². The Kier molecular flexibility index (Phi) is 9.00. The van der Waals surface area contributed by atoms with Crippen molar-refractivity contribution >= 4 is 35.2 Å². The minimum Gasteiger partial charge on any atom is -0.493 e.